The number of hydrogen-bond acceptors (Lipinski definition) is 2. The topological polar surface area (TPSA) is 23.5 Å². The monoisotopic (exact) mass is 293 g/mol. The molecule has 0 aliphatic rings. The number of rotatable bonds is 6. The number of hydrogen-bond donors (Lipinski definition) is 1. The largest absolute Gasteiger partial charge is 0.419 e. The zero-order valence-electron chi connectivity index (χ0n) is 11.5. The molecule has 1 aromatic rings. The zero-order valence-corrected chi connectivity index (χ0v) is 11.5. The van der Waals surface area contributed by atoms with Crippen molar-refractivity contribution in [3.8, 4) is 0 Å². The van der Waals surface area contributed by atoms with Gasteiger partial charge in [-0.25, -0.2) is 4.39 Å². The van der Waals surface area contributed by atoms with Gasteiger partial charge in [0, 0.05) is 6.54 Å². The minimum Gasteiger partial charge on any atom is -0.388 e. The molecule has 0 aliphatic heterocycles. The molecule has 2 nitrogen and oxygen atoms in total. The molecule has 1 unspecified atom stereocenters. The lowest BCUT2D eigenvalue weighted by atomic mass is 10.0. The summed E-state index contributed by atoms with van der Waals surface area (Å²) < 4.78 is 50.9. The van der Waals surface area contributed by atoms with Crippen LogP contribution in [0.5, 0.6) is 0 Å². The van der Waals surface area contributed by atoms with Crippen LogP contribution in [0.2, 0.25) is 0 Å². The Kier molecular flexibility index (Phi) is 5.95. The molecule has 1 atom stereocenters. The van der Waals surface area contributed by atoms with Crippen LogP contribution in [0.4, 0.5) is 17.6 Å². The van der Waals surface area contributed by atoms with Gasteiger partial charge in [-0.1, -0.05) is 19.9 Å². The van der Waals surface area contributed by atoms with E-state index in [4.69, 9.17) is 0 Å². The molecule has 1 aromatic carbocycles. The molecule has 1 N–H and O–H groups in total. The molecular formula is C14H19F4NO. The van der Waals surface area contributed by atoms with Gasteiger partial charge in [-0.2, -0.15) is 13.2 Å². The summed E-state index contributed by atoms with van der Waals surface area (Å²) in [5.74, 6) is -1.32. The summed E-state index contributed by atoms with van der Waals surface area (Å²) in [6, 6.07) is 2.62. The van der Waals surface area contributed by atoms with Gasteiger partial charge in [0.05, 0.1) is 11.7 Å². The van der Waals surface area contributed by atoms with E-state index in [0.29, 0.717) is 19.0 Å². The van der Waals surface area contributed by atoms with Crippen LogP contribution < -0.4 is 0 Å². The van der Waals surface area contributed by atoms with E-state index >= 15 is 0 Å². The van der Waals surface area contributed by atoms with Crippen LogP contribution in [0.1, 0.15) is 37.5 Å². The highest BCUT2D eigenvalue weighted by molar-refractivity contribution is 5.28. The zero-order chi connectivity index (χ0) is 15.3. The van der Waals surface area contributed by atoms with Crippen LogP contribution in [-0.4, -0.2) is 29.6 Å². The Balaban J connectivity index is 2.81. The van der Waals surface area contributed by atoms with E-state index in [-0.39, 0.29) is 5.56 Å². The van der Waals surface area contributed by atoms with E-state index in [9.17, 15) is 22.7 Å². The van der Waals surface area contributed by atoms with Gasteiger partial charge < -0.3 is 10.0 Å². The number of aliphatic hydroxyl groups excluding tert-OH is 1. The van der Waals surface area contributed by atoms with E-state index in [2.05, 4.69) is 4.90 Å². The van der Waals surface area contributed by atoms with Crippen LogP contribution in [0.15, 0.2) is 18.2 Å². The fourth-order valence-electron chi connectivity index (χ4n) is 1.98. The van der Waals surface area contributed by atoms with Gasteiger partial charge in [0.1, 0.15) is 5.82 Å². The Morgan fingerprint density at radius 1 is 1.20 bits per heavy atom. The minimum absolute atomic E-state index is 0.0888. The minimum atomic E-state index is -4.75. The second-order valence-corrected chi connectivity index (χ2v) is 4.57. The van der Waals surface area contributed by atoms with Crippen LogP contribution in [-0.2, 0) is 6.18 Å². The molecule has 0 aliphatic carbocycles. The number of benzene rings is 1. The van der Waals surface area contributed by atoms with Crippen molar-refractivity contribution in [1.29, 1.82) is 0 Å². The summed E-state index contributed by atoms with van der Waals surface area (Å²) in [6.45, 7) is 6.12. The van der Waals surface area contributed by atoms with Crippen molar-refractivity contribution in [2.75, 3.05) is 19.6 Å². The van der Waals surface area contributed by atoms with Crippen molar-refractivity contribution in [3.05, 3.63) is 35.1 Å². The average molecular weight is 293 g/mol. The van der Waals surface area contributed by atoms with E-state index in [1.807, 2.05) is 13.8 Å². The van der Waals surface area contributed by atoms with Gasteiger partial charge in [-0.15, -0.1) is 0 Å². The van der Waals surface area contributed by atoms with Gasteiger partial charge in [0.25, 0.3) is 0 Å². The third-order valence-electron chi connectivity index (χ3n) is 3.29. The van der Waals surface area contributed by atoms with Crippen LogP contribution in [0, 0.1) is 5.82 Å². The second kappa shape index (κ2) is 7.04. The quantitative estimate of drug-likeness (QED) is 0.810. The molecule has 6 heteroatoms. The SMILES string of the molecule is CCN(CC)CCC(O)c1ccc(F)c(C(F)(F)F)c1. The normalized spacial score (nSPS) is 13.8. The summed E-state index contributed by atoms with van der Waals surface area (Å²) in [5, 5.41) is 9.93. The molecule has 114 valence electrons. The summed E-state index contributed by atoms with van der Waals surface area (Å²) in [7, 11) is 0. The Morgan fingerprint density at radius 2 is 1.80 bits per heavy atom. The molecule has 0 spiro atoms. The molecule has 1 rings (SSSR count). The molecule has 20 heavy (non-hydrogen) atoms. The number of nitrogens with zero attached hydrogens (tertiary/aromatic N) is 1. The number of aliphatic hydroxyl groups is 1. The summed E-state index contributed by atoms with van der Waals surface area (Å²) in [6.07, 6.45) is -5.47. The Hall–Kier alpha value is -1.14. The van der Waals surface area contributed by atoms with Gasteiger partial charge in [0.2, 0.25) is 0 Å². The third kappa shape index (κ3) is 4.45. The Bertz CT molecular complexity index is 430. The molecule has 0 aromatic heterocycles. The first-order valence-electron chi connectivity index (χ1n) is 6.56. The predicted octanol–water partition coefficient (Wildman–Crippen LogP) is 3.61. The lowest BCUT2D eigenvalue weighted by Gasteiger charge is -2.20. The van der Waals surface area contributed by atoms with Crippen molar-refractivity contribution in [2.24, 2.45) is 0 Å². The molecule has 0 saturated heterocycles. The third-order valence-corrected chi connectivity index (χ3v) is 3.29. The van der Waals surface area contributed by atoms with Gasteiger partial charge in [-0.3, -0.25) is 0 Å². The summed E-state index contributed by atoms with van der Waals surface area (Å²) >= 11 is 0. The molecular weight excluding hydrogens is 274 g/mol. The van der Waals surface area contributed by atoms with Crippen molar-refractivity contribution in [3.63, 3.8) is 0 Å². The highest BCUT2D eigenvalue weighted by atomic mass is 19.4. The van der Waals surface area contributed by atoms with Gasteiger partial charge >= 0.3 is 6.18 Å². The molecule has 0 saturated carbocycles. The fourth-order valence-corrected chi connectivity index (χ4v) is 1.98. The second-order valence-electron chi connectivity index (χ2n) is 4.57. The first-order chi connectivity index (χ1) is 9.29. The van der Waals surface area contributed by atoms with E-state index in [0.717, 1.165) is 19.2 Å². The average Bonchev–Trinajstić information content (AvgIpc) is 2.38. The molecule has 0 bridgehead atoms. The Labute approximate surface area is 116 Å². The summed E-state index contributed by atoms with van der Waals surface area (Å²) in [4.78, 5) is 2.05. The van der Waals surface area contributed by atoms with E-state index < -0.39 is 23.7 Å². The standard InChI is InChI=1S/C14H19F4NO/c1-3-19(4-2)8-7-13(20)10-5-6-12(15)11(9-10)14(16,17)18/h5-6,9,13,20H,3-4,7-8H2,1-2H3. The van der Waals surface area contributed by atoms with Gasteiger partial charge in [0.15, 0.2) is 0 Å². The number of alkyl halides is 3. The van der Waals surface area contributed by atoms with Crippen LogP contribution in [0.25, 0.3) is 0 Å². The Morgan fingerprint density at radius 3 is 2.30 bits per heavy atom. The van der Waals surface area contributed by atoms with Crippen LogP contribution in [0.3, 0.4) is 0 Å². The maximum atomic E-state index is 13.1. The molecule has 0 radical (unpaired) electrons. The summed E-state index contributed by atoms with van der Waals surface area (Å²) in [5.41, 5.74) is -1.25. The highest BCUT2D eigenvalue weighted by Gasteiger charge is 2.34. The first-order valence-corrected chi connectivity index (χ1v) is 6.56. The van der Waals surface area contributed by atoms with E-state index in [1.165, 1.54) is 6.07 Å². The highest BCUT2D eigenvalue weighted by Crippen LogP contribution is 2.33. The predicted molar refractivity (Wildman–Crippen MR) is 68.8 cm³/mol. The maximum Gasteiger partial charge on any atom is 0.419 e. The first kappa shape index (κ1) is 16.9. The van der Waals surface area contributed by atoms with Crippen molar-refractivity contribution < 1.29 is 22.7 Å². The van der Waals surface area contributed by atoms with Crippen molar-refractivity contribution in [1.82, 2.24) is 4.90 Å². The van der Waals surface area contributed by atoms with Crippen molar-refractivity contribution in [2.45, 2.75) is 32.5 Å². The fraction of sp³-hybridized carbons (Fsp3) is 0.571. The number of halogens is 4. The molecule has 0 fully saturated rings. The molecule has 0 heterocycles. The van der Waals surface area contributed by atoms with Crippen molar-refractivity contribution >= 4 is 0 Å². The lowest BCUT2D eigenvalue weighted by Crippen LogP contribution is -2.25. The molecule has 0 amide bonds. The van der Waals surface area contributed by atoms with Gasteiger partial charge in [-0.05, 0) is 37.2 Å². The van der Waals surface area contributed by atoms with Crippen LogP contribution >= 0.6 is 0 Å². The lowest BCUT2D eigenvalue weighted by molar-refractivity contribution is -0.140. The smallest absolute Gasteiger partial charge is 0.388 e. The van der Waals surface area contributed by atoms with E-state index in [1.54, 1.807) is 0 Å². The maximum absolute atomic E-state index is 13.1.